The molecule has 1 N–H and O–H groups in total. The van der Waals surface area contributed by atoms with Crippen LogP contribution in [0.3, 0.4) is 0 Å². The van der Waals surface area contributed by atoms with Crippen molar-refractivity contribution < 1.29 is 18.3 Å². The van der Waals surface area contributed by atoms with Crippen LogP contribution in [0.5, 0.6) is 5.75 Å². The van der Waals surface area contributed by atoms with Gasteiger partial charge in [-0.1, -0.05) is 6.92 Å². The third-order valence-corrected chi connectivity index (χ3v) is 4.48. The van der Waals surface area contributed by atoms with E-state index in [0.29, 0.717) is 24.1 Å². The summed E-state index contributed by atoms with van der Waals surface area (Å²) in [5.41, 5.74) is 0. The number of rotatable bonds is 7. The molecule has 1 aliphatic rings. The molecule has 2 aromatic rings. The van der Waals surface area contributed by atoms with Gasteiger partial charge in [-0.25, -0.2) is 4.39 Å². The Balaban J connectivity index is 1.48. The second-order valence-corrected chi connectivity index (χ2v) is 6.14. The van der Waals surface area contributed by atoms with Crippen LogP contribution < -0.4 is 10.1 Å². The lowest BCUT2D eigenvalue weighted by molar-refractivity contribution is 0.0909. The Hall–Kier alpha value is -2.34. The van der Waals surface area contributed by atoms with Gasteiger partial charge in [-0.3, -0.25) is 9.69 Å². The van der Waals surface area contributed by atoms with Crippen molar-refractivity contribution in [2.45, 2.75) is 32.4 Å². The van der Waals surface area contributed by atoms with E-state index >= 15 is 0 Å². The number of nitrogens with one attached hydrogen (secondary N) is 1. The highest BCUT2D eigenvalue weighted by Gasteiger charge is 2.23. The van der Waals surface area contributed by atoms with Gasteiger partial charge in [-0.2, -0.15) is 0 Å². The summed E-state index contributed by atoms with van der Waals surface area (Å²) in [6, 6.07) is 9.53. The van der Waals surface area contributed by atoms with Crippen LogP contribution in [0.25, 0.3) is 0 Å². The molecule has 1 unspecified atom stereocenters. The fourth-order valence-corrected chi connectivity index (χ4v) is 3.10. The average molecular weight is 346 g/mol. The maximum absolute atomic E-state index is 12.9. The average Bonchev–Trinajstić information content (AvgIpc) is 3.28. The van der Waals surface area contributed by atoms with Crippen molar-refractivity contribution in [1.82, 2.24) is 10.2 Å². The molecule has 3 rings (SSSR count). The van der Waals surface area contributed by atoms with Gasteiger partial charge in [-0.05, 0) is 62.3 Å². The number of halogens is 1. The molecule has 134 valence electrons. The summed E-state index contributed by atoms with van der Waals surface area (Å²) in [6.45, 7) is 5.06. The zero-order chi connectivity index (χ0) is 17.6. The highest BCUT2D eigenvalue weighted by atomic mass is 19.1. The van der Waals surface area contributed by atoms with Gasteiger partial charge in [-0.15, -0.1) is 0 Å². The summed E-state index contributed by atoms with van der Waals surface area (Å²) in [5, 5.41) is 2.94. The Labute approximate surface area is 146 Å². The first-order valence-electron chi connectivity index (χ1n) is 8.65. The number of amides is 1. The molecule has 1 aliphatic heterocycles. The lowest BCUT2D eigenvalue weighted by Gasteiger charge is -2.22. The van der Waals surface area contributed by atoms with E-state index in [2.05, 4.69) is 17.1 Å². The molecule has 6 heteroatoms. The Morgan fingerprint density at radius 2 is 2.12 bits per heavy atom. The van der Waals surface area contributed by atoms with Crippen LogP contribution in [0.2, 0.25) is 0 Å². The van der Waals surface area contributed by atoms with Crippen molar-refractivity contribution in [2.75, 3.05) is 19.6 Å². The van der Waals surface area contributed by atoms with Crippen LogP contribution in [0.1, 0.15) is 36.1 Å². The maximum Gasteiger partial charge on any atom is 0.287 e. The van der Waals surface area contributed by atoms with E-state index in [1.807, 2.05) is 0 Å². The number of carbonyl (C=O) groups is 1. The lowest BCUT2D eigenvalue weighted by Crippen LogP contribution is -2.39. The van der Waals surface area contributed by atoms with Gasteiger partial charge >= 0.3 is 0 Å². The first kappa shape index (κ1) is 17.5. The van der Waals surface area contributed by atoms with Crippen molar-refractivity contribution in [3.05, 3.63) is 53.7 Å². The number of hydrogen-bond acceptors (Lipinski definition) is 4. The molecule has 0 spiro atoms. The first-order chi connectivity index (χ1) is 12.2. The van der Waals surface area contributed by atoms with Gasteiger partial charge in [0, 0.05) is 12.6 Å². The van der Waals surface area contributed by atoms with Gasteiger partial charge in [0.15, 0.2) is 5.76 Å². The molecule has 2 heterocycles. The molecule has 0 aliphatic carbocycles. The predicted molar refractivity (Wildman–Crippen MR) is 92.0 cm³/mol. The molecule has 0 saturated carbocycles. The van der Waals surface area contributed by atoms with E-state index in [4.69, 9.17) is 9.15 Å². The van der Waals surface area contributed by atoms with Crippen LogP contribution in [-0.4, -0.2) is 36.5 Å². The summed E-state index contributed by atoms with van der Waals surface area (Å²) in [4.78, 5) is 14.6. The van der Waals surface area contributed by atoms with Gasteiger partial charge in [0.05, 0.1) is 0 Å². The minimum absolute atomic E-state index is 0.186. The molecule has 1 amide bonds. The molecular weight excluding hydrogens is 323 g/mol. The predicted octanol–water partition coefficient (Wildman–Crippen LogP) is 3.21. The molecule has 1 aromatic carbocycles. The van der Waals surface area contributed by atoms with Gasteiger partial charge < -0.3 is 14.5 Å². The van der Waals surface area contributed by atoms with Crippen molar-refractivity contribution >= 4 is 5.91 Å². The summed E-state index contributed by atoms with van der Waals surface area (Å²) in [5.74, 6) is 0.846. The molecule has 0 radical (unpaired) electrons. The van der Waals surface area contributed by atoms with E-state index in [1.54, 1.807) is 24.3 Å². The van der Waals surface area contributed by atoms with Crippen molar-refractivity contribution in [2.24, 2.45) is 0 Å². The Morgan fingerprint density at radius 3 is 2.88 bits per heavy atom. The molecule has 1 saturated heterocycles. The van der Waals surface area contributed by atoms with Gasteiger partial charge in [0.25, 0.3) is 5.91 Å². The summed E-state index contributed by atoms with van der Waals surface area (Å²) in [7, 11) is 0. The normalized spacial score (nSPS) is 17.6. The fourth-order valence-electron chi connectivity index (χ4n) is 3.10. The van der Waals surface area contributed by atoms with Crippen molar-refractivity contribution in [1.29, 1.82) is 0 Å². The number of hydrogen-bond donors (Lipinski definition) is 1. The quantitative estimate of drug-likeness (QED) is 0.836. The Morgan fingerprint density at radius 1 is 1.32 bits per heavy atom. The highest BCUT2D eigenvalue weighted by Crippen LogP contribution is 2.17. The number of ether oxygens (including phenoxy) is 1. The molecular formula is C19H23FN2O3. The van der Waals surface area contributed by atoms with Crippen LogP contribution >= 0.6 is 0 Å². The van der Waals surface area contributed by atoms with E-state index in [-0.39, 0.29) is 24.1 Å². The fraction of sp³-hybridized carbons (Fsp3) is 0.421. The minimum Gasteiger partial charge on any atom is -0.486 e. The van der Waals surface area contributed by atoms with Gasteiger partial charge in [0.1, 0.15) is 23.9 Å². The van der Waals surface area contributed by atoms with Crippen LogP contribution in [0.15, 0.2) is 40.8 Å². The molecule has 1 fully saturated rings. The van der Waals surface area contributed by atoms with E-state index < -0.39 is 0 Å². The number of likely N-dealkylation sites (tertiary alicyclic amines) is 1. The van der Waals surface area contributed by atoms with E-state index in [9.17, 15) is 9.18 Å². The summed E-state index contributed by atoms with van der Waals surface area (Å²) in [6.07, 6.45) is 2.29. The monoisotopic (exact) mass is 346 g/mol. The number of carbonyl (C=O) groups excluding carboxylic acids is 1. The SMILES string of the molecule is CCN1CCCC1CNC(=O)c1ccc(COc2ccc(F)cc2)o1. The lowest BCUT2D eigenvalue weighted by atomic mass is 10.2. The second kappa shape index (κ2) is 8.16. The zero-order valence-corrected chi connectivity index (χ0v) is 14.3. The highest BCUT2D eigenvalue weighted by molar-refractivity contribution is 5.91. The van der Waals surface area contributed by atoms with Crippen LogP contribution in [-0.2, 0) is 6.61 Å². The molecule has 5 nitrogen and oxygen atoms in total. The van der Waals surface area contributed by atoms with E-state index in [0.717, 1.165) is 19.5 Å². The summed E-state index contributed by atoms with van der Waals surface area (Å²) >= 11 is 0. The van der Waals surface area contributed by atoms with Crippen molar-refractivity contribution in [3.63, 3.8) is 0 Å². The maximum atomic E-state index is 12.9. The standard InChI is InChI=1S/C19H23FN2O3/c1-2-22-11-3-4-15(22)12-21-19(23)18-10-9-17(25-18)13-24-16-7-5-14(20)6-8-16/h5-10,15H,2-4,11-13H2,1H3,(H,21,23). The first-order valence-corrected chi connectivity index (χ1v) is 8.65. The number of nitrogens with zero attached hydrogens (tertiary/aromatic N) is 1. The second-order valence-electron chi connectivity index (χ2n) is 6.14. The third kappa shape index (κ3) is 4.60. The smallest absolute Gasteiger partial charge is 0.287 e. The number of likely N-dealkylation sites (N-methyl/N-ethyl adjacent to an activating group) is 1. The van der Waals surface area contributed by atoms with Gasteiger partial charge in [0.2, 0.25) is 0 Å². The summed E-state index contributed by atoms with van der Waals surface area (Å²) < 4.78 is 23.9. The Kier molecular flexibility index (Phi) is 5.71. The molecule has 25 heavy (non-hydrogen) atoms. The number of furan rings is 1. The topological polar surface area (TPSA) is 54.7 Å². The largest absolute Gasteiger partial charge is 0.486 e. The molecule has 1 atom stereocenters. The molecule has 0 bridgehead atoms. The van der Waals surface area contributed by atoms with Crippen LogP contribution in [0.4, 0.5) is 4.39 Å². The zero-order valence-electron chi connectivity index (χ0n) is 14.3. The third-order valence-electron chi connectivity index (χ3n) is 4.48. The minimum atomic E-state index is -0.312. The molecule has 1 aromatic heterocycles. The van der Waals surface area contributed by atoms with Crippen LogP contribution in [0, 0.1) is 5.82 Å². The van der Waals surface area contributed by atoms with E-state index in [1.165, 1.54) is 18.6 Å². The van der Waals surface area contributed by atoms with Crippen molar-refractivity contribution in [3.8, 4) is 5.75 Å². The Bertz CT molecular complexity index is 699. The number of benzene rings is 1.